The first-order chi connectivity index (χ1) is 9.93. The van der Waals surface area contributed by atoms with Gasteiger partial charge in [-0.25, -0.2) is 18.4 Å². The van der Waals surface area contributed by atoms with Gasteiger partial charge in [0, 0.05) is 25.6 Å². The van der Waals surface area contributed by atoms with Crippen LogP contribution in [0.4, 0.5) is 0 Å². The zero-order valence-electron chi connectivity index (χ0n) is 11.6. The van der Waals surface area contributed by atoms with E-state index in [9.17, 15) is 13.2 Å². The molecule has 1 N–H and O–H groups in total. The molecule has 1 aliphatic heterocycles. The third-order valence-corrected chi connectivity index (χ3v) is 5.42. The SMILES string of the molecule is CCC(=O)NC1CCN(S(=O)(=O)c2cnc(Cl)nc2)CC1. The zero-order valence-corrected chi connectivity index (χ0v) is 13.2. The quantitative estimate of drug-likeness (QED) is 0.824. The van der Waals surface area contributed by atoms with Gasteiger partial charge in [-0.3, -0.25) is 4.79 Å². The van der Waals surface area contributed by atoms with Gasteiger partial charge in [0.2, 0.25) is 21.2 Å². The van der Waals surface area contributed by atoms with E-state index < -0.39 is 10.0 Å². The number of hydrogen-bond acceptors (Lipinski definition) is 5. The minimum absolute atomic E-state index is 0.00920. The highest BCUT2D eigenvalue weighted by Crippen LogP contribution is 2.20. The summed E-state index contributed by atoms with van der Waals surface area (Å²) in [6, 6.07) is 0.0327. The molecule has 0 unspecified atom stereocenters. The van der Waals surface area contributed by atoms with Gasteiger partial charge in [-0.2, -0.15) is 4.31 Å². The van der Waals surface area contributed by atoms with Crippen LogP contribution in [0.15, 0.2) is 17.3 Å². The minimum atomic E-state index is -3.60. The molecule has 2 heterocycles. The highest BCUT2D eigenvalue weighted by atomic mass is 35.5. The normalized spacial score (nSPS) is 17.6. The van der Waals surface area contributed by atoms with Crippen molar-refractivity contribution in [3.05, 3.63) is 17.7 Å². The molecule has 0 aliphatic carbocycles. The van der Waals surface area contributed by atoms with Crippen molar-refractivity contribution in [2.45, 2.75) is 37.1 Å². The second-order valence-corrected chi connectivity index (χ2v) is 7.06. The van der Waals surface area contributed by atoms with E-state index in [0.717, 1.165) is 0 Å². The van der Waals surface area contributed by atoms with Crippen molar-refractivity contribution in [1.82, 2.24) is 19.6 Å². The lowest BCUT2D eigenvalue weighted by Gasteiger charge is -2.31. The van der Waals surface area contributed by atoms with Crippen molar-refractivity contribution >= 4 is 27.5 Å². The Morgan fingerprint density at radius 3 is 2.48 bits per heavy atom. The predicted molar refractivity (Wildman–Crippen MR) is 77.3 cm³/mol. The van der Waals surface area contributed by atoms with Crippen molar-refractivity contribution < 1.29 is 13.2 Å². The lowest BCUT2D eigenvalue weighted by atomic mass is 10.1. The van der Waals surface area contributed by atoms with E-state index in [1.54, 1.807) is 6.92 Å². The van der Waals surface area contributed by atoms with Gasteiger partial charge >= 0.3 is 0 Å². The molecule has 0 spiro atoms. The van der Waals surface area contributed by atoms with E-state index >= 15 is 0 Å². The molecule has 116 valence electrons. The highest BCUT2D eigenvalue weighted by Gasteiger charge is 2.30. The Bertz CT molecular complexity index is 597. The first kappa shape index (κ1) is 16.1. The number of carbonyl (C=O) groups excluding carboxylic acids is 1. The van der Waals surface area contributed by atoms with Crippen LogP contribution in [0.3, 0.4) is 0 Å². The van der Waals surface area contributed by atoms with Gasteiger partial charge in [0.05, 0.1) is 12.4 Å². The van der Waals surface area contributed by atoms with Crippen molar-refractivity contribution in [2.24, 2.45) is 0 Å². The van der Waals surface area contributed by atoms with E-state index in [0.29, 0.717) is 32.4 Å². The Kier molecular flexibility index (Phi) is 5.13. The maximum atomic E-state index is 12.4. The molecule has 2 rings (SSSR count). The number of nitrogens with zero attached hydrogens (tertiary/aromatic N) is 3. The van der Waals surface area contributed by atoms with Crippen LogP contribution < -0.4 is 5.32 Å². The third-order valence-electron chi connectivity index (χ3n) is 3.37. The number of halogens is 1. The molecule has 7 nitrogen and oxygen atoms in total. The lowest BCUT2D eigenvalue weighted by Crippen LogP contribution is -2.46. The summed E-state index contributed by atoms with van der Waals surface area (Å²) in [7, 11) is -3.60. The standard InChI is InChI=1S/C12H17ClN4O3S/c1-2-11(18)16-9-3-5-17(6-4-9)21(19,20)10-7-14-12(13)15-8-10/h7-9H,2-6H2,1H3,(H,16,18). The van der Waals surface area contributed by atoms with E-state index in [-0.39, 0.29) is 22.1 Å². The average Bonchev–Trinajstić information content (AvgIpc) is 2.48. The molecule has 1 saturated heterocycles. The molecule has 0 radical (unpaired) electrons. The maximum absolute atomic E-state index is 12.4. The fraction of sp³-hybridized carbons (Fsp3) is 0.583. The molecule has 0 atom stereocenters. The molecule has 1 aromatic rings. The molecular formula is C12H17ClN4O3S. The van der Waals surface area contributed by atoms with Gasteiger partial charge in [0.25, 0.3) is 0 Å². The Balaban J connectivity index is 2.01. The van der Waals surface area contributed by atoms with Crippen LogP contribution in [0.2, 0.25) is 5.28 Å². The van der Waals surface area contributed by atoms with E-state index in [2.05, 4.69) is 15.3 Å². The average molecular weight is 333 g/mol. The fourth-order valence-corrected chi connectivity index (χ4v) is 3.61. The molecule has 9 heteroatoms. The number of piperidine rings is 1. The van der Waals surface area contributed by atoms with Crippen LogP contribution in [-0.2, 0) is 14.8 Å². The molecule has 21 heavy (non-hydrogen) atoms. The van der Waals surface area contributed by atoms with E-state index in [1.165, 1.54) is 16.7 Å². The van der Waals surface area contributed by atoms with Gasteiger partial charge in [0.1, 0.15) is 4.90 Å². The number of rotatable bonds is 4. The topological polar surface area (TPSA) is 92.3 Å². The summed E-state index contributed by atoms with van der Waals surface area (Å²) in [6.07, 6.45) is 4.03. The summed E-state index contributed by atoms with van der Waals surface area (Å²) >= 11 is 5.56. The summed E-state index contributed by atoms with van der Waals surface area (Å²) < 4.78 is 26.2. The van der Waals surface area contributed by atoms with Gasteiger partial charge in [-0.15, -0.1) is 0 Å². The van der Waals surface area contributed by atoms with Crippen molar-refractivity contribution in [1.29, 1.82) is 0 Å². The van der Waals surface area contributed by atoms with Crippen molar-refractivity contribution in [3.8, 4) is 0 Å². The van der Waals surface area contributed by atoms with Gasteiger partial charge in [-0.1, -0.05) is 6.92 Å². The second-order valence-electron chi connectivity index (χ2n) is 4.79. The van der Waals surface area contributed by atoms with Gasteiger partial charge in [0.15, 0.2) is 0 Å². The van der Waals surface area contributed by atoms with Crippen LogP contribution in [0.5, 0.6) is 0 Å². The Labute approximate surface area is 128 Å². The van der Waals surface area contributed by atoms with E-state index in [1.807, 2.05) is 0 Å². The van der Waals surface area contributed by atoms with Crippen molar-refractivity contribution in [3.63, 3.8) is 0 Å². The molecule has 0 aromatic carbocycles. The van der Waals surface area contributed by atoms with Crippen LogP contribution >= 0.6 is 11.6 Å². The van der Waals surface area contributed by atoms with Gasteiger partial charge < -0.3 is 5.32 Å². The summed E-state index contributed by atoms with van der Waals surface area (Å²) in [5.74, 6) is -0.0117. The summed E-state index contributed by atoms with van der Waals surface area (Å²) in [5.41, 5.74) is 0. The summed E-state index contributed by atoms with van der Waals surface area (Å²) in [4.78, 5) is 18.8. The number of sulfonamides is 1. The van der Waals surface area contributed by atoms with Crippen LogP contribution in [0, 0.1) is 0 Å². The minimum Gasteiger partial charge on any atom is -0.353 e. The smallest absolute Gasteiger partial charge is 0.246 e. The third kappa shape index (κ3) is 3.90. The Morgan fingerprint density at radius 1 is 1.38 bits per heavy atom. The Morgan fingerprint density at radius 2 is 1.95 bits per heavy atom. The Hall–Kier alpha value is -1.25. The van der Waals surface area contributed by atoms with Crippen LogP contribution in [-0.4, -0.2) is 47.7 Å². The number of aromatic nitrogens is 2. The molecule has 1 aromatic heterocycles. The molecule has 0 saturated carbocycles. The summed E-state index contributed by atoms with van der Waals surface area (Å²) in [5, 5.41) is 2.89. The first-order valence-electron chi connectivity index (χ1n) is 6.70. The molecule has 1 aliphatic rings. The van der Waals surface area contributed by atoms with Crippen LogP contribution in [0.25, 0.3) is 0 Å². The maximum Gasteiger partial charge on any atom is 0.246 e. The molecular weight excluding hydrogens is 316 g/mol. The number of hydrogen-bond donors (Lipinski definition) is 1. The van der Waals surface area contributed by atoms with E-state index in [4.69, 9.17) is 11.6 Å². The predicted octanol–water partition coefficient (Wildman–Crippen LogP) is 0.809. The fourth-order valence-electron chi connectivity index (χ4n) is 2.15. The number of amides is 1. The lowest BCUT2D eigenvalue weighted by molar-refractivity contribution is -0.121. The van der Waals surface area contributed by atoms with Crippen LogP contribution in [0.1, 0.15) is 26.2 Å². The highest BCUT2D eigenvalue weighted by molar-refractivity contribution is 7.89. The second kappa shape index (κ2) is 6.67. The largest absolute Gasteiger partial charge is 0.353 e. The van der Waals surface area contributed by atoms with Gasteiger partial charge in [-0.05, 0) is 24.4 Å². The number of nitrogens with one attached hydrogen (secondary N) is 1. The summed E-state index contributed by atoms with van der Waals surface area (Å²) in [6.45, 7) is 2.51. The molecule has 1 fully saturated rings. The monoisotopic (exact) mass is 332 g/mol. The molecule has 1 amide bonds. The number of carbonyl (C=O) groups is 1. The zero-order chi connectivity index (χ0) is 15.5. The van der Waals surface area contributed by atoms with Crippen molar-refractivity contribution in [2.75, 3.05) is 13.1 Å². The molecule has 0 bridgehead atoms. The first-order valence-corrected chi connectivity index (χ1v) is 8.52.